The number of hydrogen-bond donors (Lipinski definition) is 2. The Morgan fingerprint density at radius 2 is 1.95 bits per heavy atom. The predicted octanol–water partition coefficient (Wildman–Crippen LogP) is 2.13. The van der Waals surface area contributed by atoms with Crippen LogP contribution in [0.3, 0.4) is 0 Å². The minimum absolute atomic E-state index is 0.0587. The molecule has 0 saturated carbocycles. The Kier molecular flexibility index (Phi) is 4.24. The first-order chi connectivity index (χ1) is 9.81. The SMILES string of the molecule is Cc1cccc(NS(=O)(=O)c2ccc(C(N)=S)nc2)c1C. The summed E-state index contributed by atoms with van der Waals surface area (Å²) in [7, 11) is -3.69. The van der Waals surface area contributed by atoms with Crippen molar-refractivity contribution in [2.45, 2.75) is 18.7 Å². The number of aromatic nitrogens is 1. The van der Waals surface area contributed by atoms with Crippen LogP contribution in [0.5, 0.6) is 0 Å². The van der Waals surface area contributed by atoms with E-state index in [2.05, 4.69) is 9.71 Å². The van der Waals surface area contributed by atoms with Crippen molar-refractivity contribution in [3.63, 3.8) is 0 Å². The minimum atomic E-state index is -3.69. The van der Waals surface area contributed by atoms with E-state index in [1.165, 1.54) is 18.3 Å². The van der Waals surface area contributed by atoms with Crippen molar-refractivity contribution >= 4 is 32.9 Å². The Bertz CT molecular complexity index is 784. The van der Waals surface area contributed by atoms with Crippen LogP contribution in [0.25, 0.3) is 0 Å². The first kappa shape index (κ1) is 15.4. The number of thiocarbonyl (C=S) groups is 1. The van der Waals surface area contributed by atoms with Gasteiger partial charge in [-0.15, -0.1) is 0 Å². The lowest BCUT2D eigenvalue weighted by molar-refractivity contribution is 0.600. The van der Waals surface area contributed by atoms with Gasteiger partial charge in [-0.05, 0) is 43.2 Å². The van der Waals surface area contributed by atoms with Crippen molar-refractivity contribution < 1.29 is 8.42 Å². The fourth-order valence-electron chi connectivity index (χ4n) is 1.75. The van der Waals surface area contributed by atoms with Crippen LogP contribution >= 0.6 is 12.2 Å². The predicted molar refractivity (Wildman–Crippen MR) is 86.8 cm³/mol. The number of pyridine rings is 1. The number of anilines is 1. The third kappa shape index (κ3) is 3.37. The molecule has 7 heteroatoms. The fraction of sp³-hybridized carbons (Fsp3) is 0.143. The number of nitrogens with zero attached hydrogens (tertiary/aromatic N) is 1. The second-order valence-corrected chi connectivity index (χ2v) is 6.72. The summed E-state index contributed by atoms with van der Waals surface area (Å²) < 4.78 is 27.2. The maximum atomic E-state index is 12.3. The van der Waals surface area contributed by atoms with Gasteiger partial charge in [-0.25, -0.2) is 8.42 Å². The summed E-state index contributed by atoms with van der Waals surface area (Å²) in [5.41, 5.74) is 8.27. The van der Waals surface area contributed by atoms with Gasteiger partial charge in [-0.1, -0.05) is 24.4 Å². The molecule has 0 spiro atoms. The number of rotatable bonds is 4. The van der Waals surface area contributed by atoms with Crippen molar-refractivity contribution in [3.8, 4) is 0 Å². The molecule has 3 N–H and O–H groups in total. The molecule has 0 bridgehead atoms. The topological polar surface area (TPSA) is 85.1 Å². The number of hydrogen-bond acceptors (Lipinski definition) is 4. The van der Waals surface area contributed by atoms with E-state index in [4.69, 9.17) is 18.0 Å². The summed E-state index contributed by atoms with van der Waals surface area (Å²) in [6.07, 6.45) is 1.24. The molecule has 1 heterocycles. The lowest BCUT2D eigenvalue weighted by Crippen LogP contribution is -2.16. The Hall–Kier alpha value is -1.99. The van der Waals surface area contributed by atoms with E-state index in [0.717, 1.165) is 11.1 Å². The van der Waals surface area contributed by atoms with Crippen LogP contribution in [0.15, 0.2) is 41.4 Å². The smallest absolute Gasteiger partial charge is 0.263 e. The quantitative estimate of drug-likeness (QED) is 0.843. The molecule has 5 nitrogen and oxygen atoms in total. The highest BCUT2D eigenvalue weighted by Crippen LogP contribution is 2.21. The largest absolute Gasteiger partial charge is 0.388 e. The van der Waals surface area contributed by atoms with E-state index in [1.807, 2.05) is 19.9 Å². The van der Waals surface area contributed by atoms with Crippen LogP contribution in [-0.2, 0) is 10.0 Å². The van der Waals surface area contributed by atoms with Gasteiger partial charge in [-0.3, -0.25) is 9.71 Å². The normalized spacial score (nSPS) is 11.1. The second-order valence-electron chi connectivity index (χ2n) is 4.60. The molecule has 0 aliphatic heterocycles. The van der Waals surface area contributed by atoms with Crippen LogP contribution in [-0.4, -0.2) is 18.4 Å². The van der Waals surface area contributed by atoms with E-state index in [0.29, 0.717) is 11.4 Å². The van der Waals surface area contributed by atoms with E-state index in [-0.39, 0.29) is 9.88 Å². The first-order valence-electron chi connectivity index (χ1n) is 6.16. The Morgan fingerprint density at radius 3 is 2.52 bits per heavy atom. The van der Waals surface area contributed by atoms with Gasteiger partial charge in [0.25, 0.3) is 10.0 Å². The monoisotopic (exact) mass is 321 g/mol. The summed E-state index contributed by atoms with van der Waals surface area (Å²) in [6, 6.07) is 8.35. The van der Waals surface area contributed by atoms with Gasteiger partial charge in [0.05, 0.1) is 11.4 Å². The molecule has 0 amide bonds. The molecule has 0 radical (unpaired) electrons. The summed E-state index contributed by atoms with van der Waals surface area (Å²) in [6.45, 7) is 3.78. The Balaban J connectivity index is 2.34. The molecule has 0 saturated heterocycles. The molecule has 0 atom stereocenters. The van der Waals surface area contributed by atoms with Gasteiger partial charge in [-0.2, -0.15) is 0 Å². The van der Waals surface area contributed by atoms with Crippen molar-refractivity contribution in [3.05, 3.63) is 53.3 Å². The van der Waals surface area contributed by atoms with Crippen LogP contribution in [0.2, 0.25) is 0 Å². The van der Waals surface area contributed by atoms with Gasteiger partial charge < -0.3 is 5.73 Å². The first-order valence-corrected chi connectivity index (χ1v) is 8.05. The molecule has 0 fully saturated rings. The number of sulfonamides is 1. The molecular formula is C14H15N3O2S2. The Morgan fingerprint density at radius 1 is 1.24 bits per heavy atom. The van der Waals surface area contributed by atoms with Gasteiger partial charge in [0.2, 0.25) is 0 Å². The molecule has 1 aromatic carbocycles. The second kappa shape index (κ2) is 5.79. The summed E-state index contributed by atoms with van der Waals surface area (Å²) >= 11 is 4.79. The van der Waals surface area contributed by atoms with Crippen LogP contribution < -0.4 is 10.5 Å². The van der Waals surface area contributed by atoms with Crippen molar-refractivity contribution in [2.75, 3.05) is 4.72 Å². The highest BCUT2D eigenvalue weighted by atomic mass is 32.2. The van der Waals surface area contributed by atoms with Crippen molar-refractivity contribution in [2.24, 2.45) is 5.73 Å². The third-order valence-electron chi connectivity index (χ3n) is 3.15. The van der Waals surface area contributed by atoms with Crippen LogP contribution in [0.4, 0.5) is 5.69 Å². The molecule has 1 aromatic heterocycles. The highest BCUT2D eigenvalue weighted by Gasteiger charge is 2.16. The van der Waals surface area contributed by atoms with Crippen molar-refractivity contribution in [1.29, 1.82) is 0 Å². The number of nitrogens with two attached hydrogens (primary N) is 1. The van der Waals surface area contributed by atoms with Gasteiger partial charge in [0.1, 0.15) is 9.88 Å². The maximum Gasteiger partial charge on any atom is 0.263 e. The zero-order valence-corrected chi connectivity index (χ0v) is 13.3. The van der Waals surface area contributed by atoms with Gasteiger partial charge in [0, 0.05) is 6.20 Å². The highest BCUT2D eigenvalue weighted by molar-refractivity contribution is 7.92. The maximum absolute atomic E-state index is 12.3. The molecule has 0 aliphatic rings. The molecule has 2 aromatic rings. The molecule has 21 heavy (non-hydrogen) atoms. The standard InChI is InChI=1S/C14H15N3O2S2/c1-9-4-3-5-12(10(9)2)17-21(18,19)11-6-7-13(14(15)20)16-8-11/h3-8,17H,1-2H3,(H2,15,20). The van der Waals surface area contributed by atoms with Gasteiger partial charge in [0.15, 0.2) is 0 Å². The summed E-state index contributed by atoms with van der Waals surface area (Å²) in [4.78, 5) is 4.13. The third-order valence-corrected chi connectivity index (χ3v) is 4.71. The van der Waals surface area contributed by atoms with Crippen molar-refractivity contribution in [1.82, 2.24) is 4.98 Å². The molecule has 0 aliphatic carbocycles. The van der Waals surface area contributed by atoms with Crippen LogP contribution in [0.1, 0.15) is 16.8 Å². The molecular weight excluding hydrogens is 306 g/mol. The Labute approximate surface area is 129 Å². The number of benzene rings is 1. The minimum Gasteiger partial charge on any atom is -0.388 e. The average molecular weight is 321 g/mol. The van der Waals surface area contributed by atoms with E-state index in [9.17, 15) is 8.42 Å². The zero-order valence-electron chi connectivity index (χ0n) is 11.6. The zero-order chi connectivity index (χ0) is 15.6. The summed E-state index contributed by atoms with van der Waals surface area (Å²) in [5.74, 6) is 0. The van der Waals surface area contributed by atoms with Gasteiger partial charge >= 0.3 is 0 Å². The average Bonchev–Trinajstić information content (AvgIpc) is 2.44. The molecule has 110 valence electrons. The molecule has 0 unspecified atom stereocenters. The lowest BCUT2D eigenvalue weighted by Gasteiger charge is -2.12. The number of aryl methyl sites for hydroxylation is 1. The number of nitrogens with one attached hydrogen (secondary N) is 1. The fourth-order valence-corrected chi connectivity index (χ4v) is 2.94. The summed E-state index contributed by atoms with van der Waals surface area (Å²) in [5, 5.41) is 0. The van der Waals surface area contributed by atoms with Crippen LogP contribution in [0, 0.1) is 13.8 Å². The van der Waals surface area contributed by atoms with E-state index < -0.39 is 10.0 Å². The molecule has 2 rings (SSSR count). The lowest BCUT2D eigenvalue weighted by atomic mass is 10.1. The van der Waals surface area contributed by atoms with E-state index in [1.54, 1.807) is 12.1 Å². The van der Waals surface area contributed by atoms with E-state index >= 15 is 0 Å².